The fourth-order valence-electron chi connectivity index (χ4n) is 2.26. The Morgan fingerprint density at radius 1 is 0.852 bits per heavy atom. The number of amides is 3. The summed E-state index contributed by atoms with van der Waals surface area (Å²) in [5.41, 5.74) is 6.76. The van der Waals surface area contributed by atoms with Gasteiger partial charge in [0.15, 0.2) is 0 Å². The van der Waals surface area contributed by atoms with Crippen LogP contribution in [-0.2, 0) is 4.79 Å². The van der Waals surface area contributed by atoms with E-state index in [2.05, 4.69) is 16.2 Å². The molecule has 0 fully saturated rings. The van der Waals surface area contributed by atoms with Crippen molar-refractivity contribution in [3.05, 3.63) is 65.2 Å². The molecule has 7 nitrogen and oxygen atoms in total. The van der Waals surface area contributed by atoms with Crippen LogP contribution in [0.15, 0.2) is 48.5 Å². The molecule has 27 heavy (non-hydrogen) atoms. The first-order chi connectivity index (χ1) is 13.0. The lowest BCUT2D eigenvalue weighted by Crippen LogP contribution is -2.41. The molecular weight excluding hydrogens is 346 g/mol. The maximum absolute atomic E-state index is 12.0. The number of hydrazine groups is 1. The van der Waals surface area contributed by atoms with Crippen LogP contribution >= 0.6 is 0 Å². The maximum atomic E-state index is 12.0. The Morgan fingerprint density at radius 2 is 1.44 bits per heavy atom. The van der Waals surface area contributed by atoms with Gasteiger partial charge in [0.25, 0.3) is 11.8 Å². The Bertz CT molecular complexity index is 786. The molecule has 3 N–H and O–H groups in total. The monoisotopic (exact) mass is 369 g/mol. The minimum Gasteiger partial charge on any atom is -0.497 e. The van der Waals surface area contributed by atoms with Gasteiger partial charge in [-0.1, -0.05) is 17.7 Å². The molecule has 0 aromatic heterocycles. The van der Waals surface area contributed by atoms with Crippen molar-refractivity contribution in [3.63, 3.8) is 0 Å². The zero-order valence-electron chi connectivity index (χ0n) is 15.4. The second kappa shape index (κ2) is 9.96. The fourth-order valence-corrected chi connectivity index (χ4v) is 2.26. The zero-order chi connectivity index (χ0) is 19.6. The molecule has 3 amide bonds. The first-order valence-electron chi connectivity index (χ1n) is 8.57. The molecule has 7 heteroatoms. The van der Waals surface area contributed by atoms with E-state index in [-0.39, 0.29) is 24.1 Å². The van der Waals surface area contributed by atoms with Gasteiger partial charge in [-0.3, -0.25) is 25.2 Å². The minimum atomic E-state index is -0.379. The quantitative estimate of drug-likeness (QED) is 0.514. The Kier molecular flexibility index (Phi) is 7.37. The molecule has 0 spiro atoms. The largest absolute Gasteiger partial charge is 0.497 e. The number of hydrogen-bond acceptors (Lipinski definition) is 4. The average Bonchev–Trinajstić information content (AvgIpc) is 2.69. The predicted molar refractivity (Wildman–Crippen MR) is 101 cm³/mol. The van der Waals surface area contributed by atoms with Gasteiger partial charge >= 0.3 is 0 Å². The summed E-state index contributed by atoms with van der Waals surface area (Å²) in [6.07, 6.45) is 0.630. The van der Waals surface area contributed by atoms with Crippen molar-refractivity contribution in [2.75, 3.05) is 13.7 Å². The highest BCUT2D eigenvalue weighted by atomic mass is 16.5. The van der Waals surface area contributed by atoms with Crippen molar-refractivity contribution in [1.29, 1.82) is 0 Å². The Hall–Kier alpha value is -3.35. The minimum absolute atomic E-state index is 0.178. The lowest BCUT2D eigenvalue weighted by atomic mass is 10.1. The average molecular weight is 369 g/mol. The number of carbonyl (C=O) groups excluding carboxylic acids is 3. The molecule has 2 aromatic rings. The second-order valence-corrected chi connectivity index (χ2v) is 5.96. The van der Waals surface area contributed by atoms with Crippen molar-refractivity contribution in [1.82, 2.24) is 16.2 Å². The van der Waals surface area contributed by atoms with Crippen LogP contribution in [0.1, 0.15) is 39.1 Å². The summed E-state index contributed by atoms with van der Waals surface area (Å²) in [4.78, 5) is 35.6. The van der Waals surface area contributed by atoms with E-state index in [9.17, 15) is 14.4 Å². The van der Waals surface area contributed by atoms with E-state index in [4.69, 9.17) is 4.74 Å². The van der Waals surface area contributed by atoms with Crippen LogP contribution in [-0.4, -0.2) is 31.4 Å². The molecule has 142 valence electrons. The third-order valence-corrected chi connectivity index (χ3v) is 3.85. The molecule has 0 saturated heterocycles. The second-order valence-electron chi connectivity index (χ2n) is 5.96. The van der Waals surface area contributed by atoms with Crippen LogP contribution in [0.4, 0.5) is 0 Å². The fraction of sp³-hybridized carbons (Fsp3) is 0.250. The van der Waals surface area contributed by atoms with E-state index in [1.807, 2.05) is 19.1 Å². The normalized spacial score (nSPS) is 10.0. The van der Waals surface area contributed by atoms with E-state index in [1.165, 1.54) is 0 Å². The van der Waals surface area contributed by atoms with E-state index >= 15 is 0 Å². The smallest absolute Gasteiger partial charge is 0.269 e. The standard InChI is InChI=1S/C20H23N3O4/c1-14-5-7-16(8-6-14)20(26)23-22-18(24)4-3-13-21-19(25)15-9-11-17(27-2)12-10-15/h5-12H,3-4,13H2,1-2H3,(H,21,25)(H,22,24)(H,23,26). The number of ether oxygens (including phenoxy) is 1. The Morgan fingerprint density at radius 3 is 2.07 bits per heavy atom. The molecule has 2 aromatic carbocycles. The van der Waals surface area contributed by atoms with Gasteiger partial charge in [0, 0.05) is 24.1 Å². The van der Waals surface area contributed by atoms with E-state index < -0.39 is 0 Å². The molecule has 0 aliphatic heterocycles. The van der Waals surface area contributed by atoms with Crippen LogP contribution in [0.2, 0.25) is 0 Å². The van der Waals surface area contributed by atoms with Gasteiger partial charge in [0.05, 0.1) is 7.11 Å². The number of aryl methyl sites for hydroxylation is 1. The molecule has 0 atom stereocenters. The summed E-state index contributed by atoms with van der Waals surface area (Å²) in [7, 11) is 1.56. The molecule has 0 aliphatic carbocycles. The highest BCUT2D eigenvalue weighted by molar-refractivity contribution is 5.95. The predicted octanol–water partition coefficient (Wildman–Crippen LogP) is 1.97. The first-order valence-corrected chi connectivity index (χ1v) is 8.57. The summed E-state index contributed by atoms with van der Waals surface area (Å²) in [6.45, 7) is 2.28. The molecule has 0 bridgehead atoms. The van der Waals surface area contributed by atoms with Gasteiger partial charge in [-0.15, -0.1) is 0 Å². The van der Waals surface area contributed by atoms with Crippen LogP contribution in [0, 0.1) is 6.92 Å². The SMILES string of the molecule is COc1ccc(C(=O)NCCCC(=O)NNC(=O)c2ccc(C)cc2)cc1. The summed E-state index contributed by atoms with van der Waals surface area (Å²) in [6, 6.07) is 13.8. The van der Waals surface area contributed by atoms with Crippen LogP contribution in [0.3, 0.4) is 0 Å². The van der Waals surface area contributed by atoms with Gasteiger partial charge in [-0.25, -0.2) is 0 Å². The van der Waals surface area contributed by atoms with Crippen molar-refractivity contribution < 1.29 is 19.1 Å². The number of nitrogens with one attached hydrogen (secondary N) is 3. The number of hydrogen-bond donors (Lipinski definition) is 3. The van der Waals surface area contributed by atoms with E-state index in [0.29, 0.717) is 29.8 Å². The summed E-state index contributed by atoms with van der Waals surface area (Å²) < 4.78 is 5.04. The molecule has 0 unspecified atom stereocenters. The Balaban J connectivity index is 1.64. The summed E-state index contributed by atoms with van der Waals surface area (Å²) in [5.74, 6) is -0.244. The highest BCUT2D eigenvalue weighted by Crippen LogP contribution is 2.11. The Labute approximate surface area is 158 Å². The number of benzene rings is 2. The molecule has 0 saturated carbocycles. The first kappa shape index (κ1) is 20.0. The molecule has 2 rings (SSSR count). The van der Waals surface area contributed by atoms with Crippen molar-refractivity contribution in [2.24, 2.45) is 0 Å². The third-order valence-electron chi connectivity index (χ3n) is 3.85. The number of rotatable bonds is 7. The van der Waals surface area contributed by atoms with Crippen molar-refractivity contribution in [3.8, 4) is 5.75 Å². The lowest BCUT2D eigenvalue weighted by Gasteiger charge is -2.08. The van der Waals surface area contributed by atoms with Crippen molar-refractivity contribution in [2.45, 2.75) is 19.8 Å². The number of methoxy groups -OCH3 is 1. The van der Waals surface area contributed by atoms with Crippen LogP contribution < -0.4 is 20.9 Å². The molecule has 0 radical (unpaired) electrons. The topological polar surface area (TPSA) is 96.5 Å². The summed E-state index contributed by atoms with van der Waals surface area (Å²) in [5, 5.41) is 2.74. The number of carbonyl (C=O) groups is 3. The van der Waals surface area contributed by atoms with E-state index in [0.717, 1.165) is 5.56 Å². The molecule has 0 aliphatic rings. The van der Waals surface area contributed by atoms with Gasteiger partial charge in [-0.2, -0.15) is 0 Å². The third kappa shape index (κ3) is 6.47. The summed E-state index contributed by atoms with van der Waals surface area (Å²) >= 11 is 0. The zero-order valence-corrected chi connectivity index (χ0v) is 15.4. The van der Waals surface area contributed by atoms with E-state index in [1.54, 1.807) is 43.5 Å². The van der Waals surface area contributed by atoms with Crippen LogP contribution in [0.25, 0.3) is 0 Å². The van der Waals surface area contributed by atoms with Gasteiger partial charge in [-0.05, 0) is 49.7 Å². The molecule has 0 heterocycles. The van der Waals surface area contributed by atoms with Crippen LogP contribution in [0.5, 0.6) is 5.75 Å². The van der Waals surface area contributed by atoms with Gasteiger partial charge in [0.2, 0.25) is 5.91 Å². The highest BCUT2D eigenvalue weighted by Gasteiger charge is 2.08. The van der Waals surface area contributed by atoms with Crippen molar-refractivity contribution >= 4 is 17.7 Å². The maximum Gasteiger partial charge on any atom is 0.269 e. The van der Waals surface area contributed by atoms with Gasteiger partial charge < -0.3 is 10.1 Å². The van der Waals surface area contributed by atoms with Gasteiger partial charge in [0.1, 0.15) is 5.75 Å². The molecular formula is C20H23N3O4. The lowest BCUT2D eigenvalue weighted by molar-refractivity contribution is -0.121.